The number of amides is 10. The van der Waals surface area contributed by atoms with E-state index in [0.717, 1.165) is 58.4 Å². The number of nitrogens with zero attached hydrogens (tertiary/aromatic N) is 9. The Labute approximate surface area is 800 Å². The zero-order valence-electron chi connectivity index (χ0n) is 74.8. The first-order valence-electron chi connectivity index (χ1n) is 44.9. The van der Waals surface area contributed by atoms with Crippen LogP contribution in [0.1, 0.15) is 143 Å². The molecule has 5 atom stereocenters. The summed E-state index contributed by atoms with van der Waals surface area (Å²) in [7, 11) is 0. The Bertz CT molecular complexity index is 6090. The number of carbonyl (C=O) groups is 11. The summed E-state index contributed by atoms with van der Waals surface area (Å²) in [5.74, 6) is -4.57. The van der Waals surface area contributed by atoms with Gasteiger partial charge < -0.3 is 76.5 Å². The maximum atomic E-state index is 13.7. The number of nitrogens with one attached hydrogen (secondary N) is 8. The van der Waals surface area contributed by atoms with Crippen LogP contribution in [0, 0.1) is 46.9 Å². The highest BCUT2D eigenvalue weighted by Gasteiger charge is 2.38. The van der Waals surface area contributed by atoms with Crippen molar-refractivity contribution < 1.29 is 75.4 Å². The Morgan fingerprint density at radius 2 is 0.684 bits per heavy atom. The maximum Gasteiger partial charge on any atom is 0.268 e. The van der Waals surface area contributed by atoms with Gasteiger partial charge in [-0.3, -0.25) is 52.7 Å². The molecule has 0 bridgehead atoms. The van der Waals surface area contributed by atoms with E-state index in [0.29, 0.717) is 163 Å². The van der Waals surface area contributed by atoms with Gasteiger partial charge in [0.15, 0.2) is 0 Å². The number of benzene rings is 4. The van der Waals surface area contributed by atoms with Gasteiger partial charge in [0.1, 0.15) is 96.6 Å². The Morgan fingerprint density at radius 1 is 0.404 bits per heavy atom. The monoisotopic (exact) mass is 1940 g/mol. The molecule has 30 nitrogen and oxygen atoms in total. The fraction of sp³-hybridized carbons (Fsp3) is 0.357. The number of aromatic amines is 4. The van der Waals surface area contributed by atoms with Gasteiger partial charge in [-0.25, -0.2) is 37.5 Å². The first kappa shape index (κ1) is 100. The number of aromatic nitrogens is 8. The first-order chi connectivity index (χ1) is 65.3. The van der Waals surface area contributed by atoms with Crippen LogP contribution in [-0.4, -0.2) is 231 Å². The molecule has 12 heterocycles. The molecule has 11 N–H and O–H groups in total. The van der Waals surface area contributed by atoms with Crippen molar-refractivity contribution in [1.29, 1.82) is 0 Å². The zero-order valence-corrected chi connectivity index (χ0v) is 77.8. The Balaban J connectivity index is 0.000000154. The minimum absolute atomic E-state index is 0.0361. The molecule has 0 aliphatic carbocycles. The summed E-state index contributed by atoms with van der Waals surface area (Å²) in [6.45, 7) is 10.5. The van der Waals surface area contributed by atoms with Gasteiger partial charge in [-0.05, 0) is 204 Å². The molecule has 4 aliphatic rings. The van der Waals surface area contributed by atoms with Crippen LogP contribution in [0.15, 0.2) is 170 Å². The molecule has 4 fully saturated rings. The predicted octanol–water partition coefficient (Wildman–Crippen LogP) is 13.1. The minimum atomic E-state index is -0.895. The van der Waals surface area contributed by atoms with E-state index >= 15 is 0 Å². The number of hydrogen-bond donors (Lipinski definition) is 10. The number of aliphatic hydroxyl groups is 1. The number of H-pyrrole nitrogens is 4. The van der Waals surface area contributed by atoms with E-state index in [-0.39, 0.29) is 132 Å². The lowest BCUT2D eigenvalue weighted by Crippen LogP contribution is -2.54. The molecule has 4 aliphatic heterocycles. The van der Waals surface area contributed by atoms with Gasteiger partial charge in [-0.1, -0.05) is 94.9 Å². The molecule has 714 valence electrons. The third kappa shape index (κ3) is 26.9. The normalized spacial score (nSPS) is 15.7. The van der Waals surface area contributed by atoms with Crippen LogP contribution in [0.5, 0.6) is 0 Å². The van der Waals surface area contributed by atoms with Crippen molar-refractivity contribution in [3.63, 3.8) is 0 Å². The van der Waals surface area contributed by atoms with E-state index in [9.17, 15) is 75.4 Å². The number of nitrogens with two attached hydrogens (primary N) is 1. The number of ketones is 1. The number of primary amides is 1. The third-order valence-corrected chi connectivity index (χ3v) is 25.7. The molecule has 1 unspecified atom stereocenters. The molecule has 0 spiro atoms. The van der Waals surface area contributed by atoms with E-state index in [2.05, 4.69) is 61.1 Å². The summed E-state index contributed by atoms with van der Waals surface area (Å²) in [6.07, 6.45) is 12.9. The lowest BCUT2D eigenvalue weighted by Gasteiger charge is -2.36. The SMILES string of the molecule is CC(=O)C1CCN(C(=O)[C@H](Cc2ccc(F)cc2)NC(=O)c2cc3cc(Cl)ncc3[nH]2)CC1.CCN(CC)C(=O)C1CCCN(C(=O)[C@H](Cc2ccc(F)cc2)NC(=O)c2cc3cc(Cl)ncc3[nH]2)C1.NC(=O)C1CCN(C(=O)[C@H](Cc2ccc(F)cc2)NC(=O)c2cc3cc(Cl)ncc3[nH]2)CC1.O=C(N[C@@H](Cc1ccc(F)cc1)C(=O)N1CCC(CCO)CC1)c1cc2cc(Cl)ncc2[nH]1. The van der Waals surface area contributed by atoms with Crippen LogP contribution in [0.25, 0.3) is 43.6 Å². The summed E-state index contributed by atoms with van der Waals surface area (Å²) >= 11 is 23.7. The van der Waals surface area contributed by atoms with Crippen LogP contribution in [0.3, 0.4) is 0 Å². The molecular formula is C98H104Cl4F4N18O12. The average molecular weight is 1940 g/mol. The lowest BCUT2D eigenvalue weighted by atomic mass is 9.92. The molecule has 0 saturated carbocycles. The van der Waals surface area contributed by atoms with Crippen molar-refractivity contribution in [3.8, 4) is 0 Å². The number of aliphatic hydroxyl groups excluding tert-OH is 1. The predicted molar refractivity (Wildman–Crippen MR) is 507 cm³/mol. The molecular weight excluding hydrogens is 1840 g/mol. The lowest BCUT2D eigenvalue weighted by molar-refractivity contribution is -0.142. The van der Waals surface area contributed by atoms with Crippen LogP contribution in [0.2, 0.25) is 20.6 Å². The second-order valence-electron chi connectivity index (χ2n) is 34.2. The number of carbonyl (C=O) groups excluding carboxylic acids is 11. The first-order valence-corrected chi connectivity index (χ1v) is 46.5. The summed E-state index contributed by atoms with van der Waals surface area (Å²) in [6, 6.07) is 33.2. The average Bonchev–Trinajstić information content (AvgIpc) is 1.65. The number of Topliss-reactive ketones (excluding diaryl/α,β-unsaturated/α-hetero) is 1. The number of likely N-dealkylation sites (tertiary alicyclic amines) is 4. The third-order valence-electron chi connectivity index (χ3n) is 24.9. The molecule has 4 aromatic carbocycles. The Morgan fingerprint density at radius 3 is 0.956 bits per heavy atom. The van der Waals surface area contributed by atoms with Gasteiger partial charge in [0.25, 0.3) is 23.6 Å². The molecule has 38 heteroatoms. The van der Waals surface area contributed by atoms with Gasteiger partial charge in [0, 0.05) is 131 Å². The fourth-order valence-corrected chi connectivity index (χ4v) is 17.9. The van der Waals surface area contributed by atoms with E-state index in [4.69, 9.17) is 52.1 Å². The standard InChI is InChI=1S/C27H31ClFN5O3.C24H24ClFN4O3.C24H26ClFN4O3.C23H23ClFN5O3/c1-3-33(4-2)26(36)18-6-5-11-34(16-18)27(37)22(12-17-7-9-20(29)10-8-17)32-25(35)21-13-19-14-24(28)30-15-23(19)31-21;1-14(31)16-6-8-30(9-7-16)24(33)20(10-15-2-4-18(26)5-3-15)29-23(32)19-11-17-12-22(25)27-13-21(17)28-19;25-22-13-17-12-19(28-21(17)14-27-22)23(32)29-20(11-16-1-3-18(26)4-2-16)24(33)30-8-5-15(6-9-30)7-10-31;24-20-11-15-10-17(28-19(15)12-27-20)22(32)29-18(9-13-1-3-16(25)4-2-13)23(33)30-7-5-14(6-8-30)21(26)31/h7-10,13-15,18,22,31H,3-6,11-12,16H2,1-2H3,(H,32,35);2-5,11-13,16,20,28H,6-10H2,1H3,(H,29,32);1-4,12-15,20,28,31H,5-11H2,(H,29,32);1-4,10-12,14,18,28H,5-9H2,(H2,26,31)(H,29,32)/t18?,22-;2*20-;18-/m0000/s1. The Hall–Kier alpha value is -13.2. The van der Waals surface area contributed by atoms with Gasteiger partial charge in [0.05, 0.1) is 52.8 Å². The largest absolute Gasteiger partial charge is 0.396 e. The molecule has 12 aromatic rings. The number of hydrogen-bond acceptors (Lipinski definition) is 16. The van der Waals surface area contributed by atoms with Crippen LogP contribution in [0.4, 0.5) is 17.6 Å². The van der Waals surface area contributed by atoms with Crippen LogP contribution >= 0.6 is 46.4 Å². The van der Waals surface area contributed by atoms with E-state index in [1.165, 1.54) is 67.1 Å². The number of piperidine rings is 4. The molecule has 136 heavy (non-hydrogen) atoms. The highest BCUT2D eigenvalue weighted by atomic mass is 35.5. The number of fused-ring (bicyclic) bond motifs is 4. The number of rotatable bonds is 27. The van der Waals surface area contributed by atoms with Gasteiger partial charge in [-0.2, -0.15) is 0 Å². The van der Waals surface area contributed by atoms with E-state index in [1.54, 1.807) is 135 Å². The Kier molecular flexibility index (Phi) is 34.6. The summed E-state index contributed by atoms with van der Waals surface area (Å²) < 4.78 is 53.5. The topological polar surface area (TPSA) is 413 Å². The second-order valence-corrected chi connectivity index (χ2v) is 35.7. The van der Waals surface area contributed by atoms with Gasteiger partial charge in [0.2, 0.25) is 35.4 Å². The van der Waals surface area contributed by atoms with Crippen molar-refractivity contribution in [1.82, 2.24) is 85.6 Å². The smallest absolute Gasteiger partial charge is 0.268 e. The fourth-order valence-electron chi connectivity index (χ4n) is 17.2. The summed E-state index contributed by atoms with van der Waals surface area (Å²) in [5.41, 5.74) is 12.0. The number of pyridine rings is 4. The zero-order chi connectivity index (χ0) is 97.0. The minimum Gasteiger partial charge on any atom is -0.396 e. The van der Waals surface area contributed by atoms with Gasteiger partial charge >= 0.3 is 0 Å². The van der Waals surface area contributed by atoms with Crippen molar-refractivity contribution in [2.75, 3.05) is 72.1 Å². The van der Waals surface area contributed by atoms with Crippen molar-refractivity contribution in [3.05, 3.63) is 259 Å². The second kappa shape index (κ2) is 46.9. The maximum absolute atomic E-state index is 13.7. The van der Waals surface area contributed by atoms with Crippen molar-refractivity contribution >= 4 is 155 Å². The van der Waals surface area contributed by atoms with Crippen molar-refractivity contribution in [2.45, 2.75) is 128 Å². The van der Waals surface area contributed by atoms with Crippen LogP contribution < -0.4 is 27.0 Å². The summed E-state index contributed by atoms with van der Waals surface area (Å²) in [4.78, 5) is 179. The number of halogens is 8. The molecule has 10 amide bonds. The van der Waals surface area contributed by atoms with Crippen molar-refractivity contribution in [2.24, 2.45) is 29.4 Å². The highest BCUT2D eigenvalue weighted by Crippen LogP contribution is 2.29. The molecule has 8 aromatic heterocycles. The molecule has 0 radical (unpaired) electrons. The van der Waals surface area contributed by atoms with E-state index < -0.39 is 47.8 Å². The molecule has 16 rings (SSSR count). The van der Waals surface area contributed by atoms with Crippen LogP contribution in [-0.2, 0) is 59.2 Å². The highest BCUT2D eigenvalue weighted by molar-refractivity contribution is 6.31. The molecule has 4 saturated heterocycles. The quantitative estimate of drug-likeness (QED) is 0.0169. The summed E-state index contributed by atoms with van der Waals surface area (Å²) in [5, 5.41) is 24.7. The van der Waals surface area contributed by atoms with E-state index in [1.807, 2.05) is 13.8 Å². The van der Waals surface area contributed by atoms with Gasteiger partial charge in [-0.15, -0.1) is 0 Å².